The number of aryl methyl sites for hydroxylation is 1. The number of hydrogen-bond donors (Lipinski definition) is 0. The quantitative estimate of drug-likeness (QED) is 0.836. The van der Waals surface area contributed by atoms with Gasteiger partial charge in [-0.05, 0) is 49.4 Å². The molecular formula is C17H29N3. The van der Waals surface area contributed by atoms with Crippen molar-refractivity contribution in [1.82, 2.24) is 9.88 Å². The lowest BCUT2D eigenvalue weighted by Crippen LogP contribution is -2.36. The number of hydrogen-bond acceptors (Lipinski definition) is 3. The van der Waals surface area contributed by atoms with E-state index in [2.05, 4.69) is 61.9 Å². The summed E-state index contributed by atoms with van der Waals surface area (Å²) in [5.74, 6) is 1.81. The van der Waals surface area contributed by atoms with Crippen LogP contribution in [0.2, 0.25) is 0 Å². The zero-order chi connectivity index (χ0) is 14.7. The van der Waals surface area contributed by atoms with Crippen molar-refractivity contribution >= 4 is 5.82 Å². The average Bonchev–Trinajstić information content (AvgIpc) is 2.38. The highest BCUT2D eigenvalue weighted by atomic mass is 15.2. The first kappa shape index (κ1) is 15.3. The van der Waals surface area contributed by atoms with Crippen LogP contribution in [0.25, 0.3) is 0 Å². The van der Waals surface area contributed by atoms with Crippen molar-refractivity contribution in [2.75, 3.05) is 32.1 Å². The van der Waals surface area contributed by atoms with Crippen LogP contribution in [0.4, 0.5) is 5.82 Å². The number of aromatic nitrogens is 1. The van der Waals surface area contributed by atoms with Crippen LogP contribution in [0, 0.1) is 12.8 Å². The molecular weight excluding hydrogens is 246 g/mol. The fraction of sp³-hybridized carbons (Fsp3) is 0.706. The topological polar surface area (TPSA) is 19.4 Å². The maximum atomic E-state index is 4.67. The minimum absolute atomic E-state index is 0.563. The highest BCUT2D eigenvalue weighted by Crippen LogP contribution is 2.32. The van der Waals surface area contributed by atoms with E-state index in [-0.39, 0.29) is 0 Å². The van der Waals surface area contributed by atoms with Gasteiger partial charge in [0.1, 0.15) is 5.82 Å². The molecule has 112 valence electrons. The molecule has 0 spiro atoms. The Morgan fingerprint density at radius 1 is 1.35 bits per heavy atom. The van der Waals surface area contributed by atoms with Gasteiger partial charge < -0.3 is 4.90 Å². The van der Waals surface area contributed by atoms with Crippen LogP contribution in [0.3, 0.4) is 0 Å². The van der Waals surface area contributed by atoms with Gasteiger partial charge in [-0.2, -0.15) is 0 Å². The lowest BCUT2D eigenvalue weighted by Gasteiger charge is -2.37. The molecule has 0 bridgehead atoms. The largest absolute Gasteiger partial charge is 0.363 e. The Morgan fingerprint density at radius 2 is 2.10 bits per heavy atom. The molecule has 2 heterocycles. The Labute approximate surface area is 124 Å². The molecule has 1 aromatic heterocycles. The predicted molar refractivity (Wildman–Crippen MR) is 86.3 cm³/mol. The van der Waals surface area contributed by atoms with Crippen LogP contribution in [-0.2, 0) is 0 Å². The van der Waals surface area contributed by atoms with E-state index < -0.39 is 0 Å². The molecule has 20 heavy (non-hydrogen) atoms. The Hall–Kier alpha value is -1.09. The van der Waals surface area contributed by atoms with Crippen LogP contribution in [0.5, 0.6) is 0 Å². The second-order valence-corrected chi connectivity index (χ2v) is 6.70. The summed E-state index contributed by atoms with van der Waals surface area (Å²) in [6, 6.07) is 2.90. The summed E-state index contributed by atoms with van der Waals surface area (Å²) in [6.45, 7) is 9.21. The third-order valence-electron chi connectivity index (χ3n) is 4.09. The maximum absolute atomic E-state index is 4.67. The molecule has 1 aliphatic rings. The molecule has 3 nitrogen and oxygen atoms in total. The molecule has 0 saturated carbocycles. The third kappa shape index (κ3) is 3.51. The van der Waals surface area contributed by atoms with E-state index in [1.54, 1.807) is 0 Å². The first-order chi connectivity index (χ1) is 9.49. The van der Waals surface area contributed by atoms with Gasteiger partial charge in [-0.15, -0.1) is 0 Å². The van der Waals surface area contributed by atoms with Crippen molar-refractivity contribution in [3.63, 3.8) is 0 Å². The zero-order valence-corrected chi connectivity index (χ0v) is 13.7. The number of likely N-dealkylation sites (tertiary alicyclic amines) is 1. The summed E-state index contributed by atoms with van der Waals surface area (Å²) in [7, 11) is 4.11. The van der Waals surface area contributed by atoms with Gasteiger partial charge in [0.2, 0.25) is 0 Å². The van der Waals surface area contributed by atoms with Crippen LogP contribution >= 0.6 is 0 Å². The summed E-state index contributed by atoms with van der Waals surface area (Å²) in [5.41, 5.74) is 2.68. The highest BCUT2D eigenvalue weighted by molar-refractivity contribution is 5.46. The van der Waals surface area contributed by atoms with E-state index in [0.29, 0.717) is 6.04 Å². The number of rotatable bonds is 4. The van der Waals surface area contributed by atoms with Gasteiger partial charge >= 0.3 is 0 Å². The average molecular weight is 275 g/mol. The van der Waals surface area contributed by atoms with Crippen molar-refractivity contribution in [3.05, 3.63) is 23.4 Å². The van der Waals surface area contributed by atoms with Crippen molar-refractivity contribution in [2.45, 2.75) is 46.1 Å². The Bertz CT molecular complexity index is 440. The van der Waals surface area contributed by atoms with Crippen LogP contribution < -0.4 is 4.90 Å². The van der Waals surface area contributed by atoms with Gasteiger partial charge in [0, 0.05) is 32.9 Å². The smallest absolute Gasteiger partial charge is 0.130 e. The van der Waals surface area contributed by atoms with Gasteiger partial charge in [-0.1, -0.05) is 20.3 Å². The minimum atomic E-state index is 0.563. The Balaban J connectivity index is 2.21. The number of anilines is 1. The van der Waals surface area contributed by atoms with Crippen LogP contribution in [0.15, 0.2) is 12.3 Å². The summed E-state index contributed by atoms with van der Waals surface area (Å²) >= 11 is 0. The molecule has 1 atom stereocenters. The zero-order valence-electron chi connectivity index (χ0n) is 13.7. The van der Waals surface area contributed by atoms with E-state index in [9.17, 15) is 0 Å². The SMILES string of the molecule is Cc1cc([C@@H]2CCCCN2CC(C)C)cnc1N(C)C. The number of nitrogens with zero attached hydrogens (tertiary/aromatic N) is 3. The first-order valence-corrected chi connectivity index (χ1v) is 7.87. The Morgan fingerprint density at radius 3 is 2.70 bits per heavy atom. The van der Waals surface area contributed by atoms with Crippen molar-refractivity contribution in [3.8, 4) is 0 Å². The first-order valence-electron chi connectivity index (χ1n) is 7.87. The van der Waals surface area contributed by atoms with E-state index >= 15 is 0 Å². The highest BCUT2D eigenvalue weighted by Gasteiger charge is 2.25. The van der Waals surface area contributed by atoms with Crippen molar-refractivity contribution in [2.24, 2.45) is 5.92 Å². The molecule has 1 saturated heterocycles. The lowest BCUT2D eigenvalue weighted by atomic mass is 9.94. The van der Waals surface area contributed by atoms with E-state index in [1.165, 1.54) is 43.5 Å². The second-order valence-electron chi connectivity index (χ2n) is 6.70. The molecule has 0 aromatic carbocycles. The molecule has 0 radical (unpaired) electrons. The lowest BCUT2D eigenvalue weighted by molar-refractivity contribution is 0.132. The molecule has 0 N–H and O–H groups in total. The van der Waals surface area contributed by atoms with E-state index in [1.807, 2.05) is 0 Å². The summed E-state index contributed by atoms with van der Waals surface area (Å²) < 4.78 is 0. The van der Waals surface area contributed by atoms with Gasteiger partial charge in [0.15, 0.2) is 0 Å². The molecule has 1 aliphatic heterocycles. The number of piperidine rings is 1. The molecule has 2 rings (SSSR count). The van der Waals surface area contributed by atoms with Crippen molar-refractivity contribution in [1.29, 1.82) is 0 Å². The van der Waals surface area contributed by atoms with E-state index in [4.69, 9.17) is 0 Å². The minimum Gasteiger partial charge on any atom is -0.363 e. The summed E-state index contributed by atoms with van der Waals surface area (Å²) in [6.07, 6.45) is 6.04. The fourth-order valence-corrected chi connectivity index (χ4v) is 3.30. The Kier molecular flexibility index (Phi) is 5.03. The standard InChI is InChI=1S/C17H29N3/c1-13(2)12-20-9-7-6-8-16(20)15-10-14(3)17(18-11-15)19(4)5/h10-11,13,16H,6-9,12H2,1-5H3/t16-/m0/s1. The van der Waals surface area contributed by atoms with Crippen molar-refractivity contribution < 1.29 is 0 Å². The molecule has 0 amide bonds. The normalized spacial score (nSPS) is 20.4. The predicted octanol–water partition coefficient (Wildman–Crippen LogP) is 3.64. The molecule has 1 fully saturated rings. The third-order valence-corrected chi connectivity index (χ3v) is 4.09. The fourth-order valence-electron chi connectivity index (χ4n) is 3.30. The van der Waals surface area contributed by atoms with Crippen LogP contribution in [-0.4, -0.2) is 37.1 Å². The van der Waals surface area contributed by atoms with Gasteiger partial charge in [0.25, 0.3) is 0 Å². The number of pyridine rings is 1. The molecule has 0 unspecified atom stereocenters. The maximum Gasteiger partial charge on any atom is 0.130 e. The summed E-state index contributed by atoms with van der Waals surface area (Å²) in [4.78, 5) is 9.41. The molecule has 0 aliphatic carbocycles. The molecule has 3 heteroatoms. The van der Waals surface area contributed by atoms with Gasteiger partial charge in [0.05, 0.1) is 0 Å². The summed E-state index contributed by atoms with van der Waals surface area (Å²) in [5, 5.41) is 0. The van der Waals surface area contributed by atoms with E-state index in [0.717, 1.165) is 11.7 Å². The van der Waals surface area contributed by atoms with Gasteiger partial charge in [-0.25, -0.2) is 4.98 Å². The van der Waals surface area contributed by atoms with Gasteiger partial charge in [-0.3, -0.25) is 4.90 Å². The van der Waals surface area contributed by atoms with Crippen LogP contribution in [0.1, 0.15) is 50.3 Å². The molecule has 1 aromatic rings. The monoisotopic (exact) mass is 275 g/mol. The second kappa shape index (κ2) is 6.57.